The number of aliphatic hydroxyl groups excluding tert-OH is 1. The molecule has 0 bridgehead atoms. The highest BCUT2D eigenvalue weighted by atomic mass is 127. The van der Waals surface area contributed by atoms with Crippen molar-refractivity contribution in [2.45, 2.75) is 60.9 Å². The van der Waals surface area contributed by atoms with Crippen LogP contribution in [0.3, 0.4) is 0 Å². The normalized spacial score (nSPS) is 14.0. The van der Waals surface area contributed by atoms with Crippen molar-refractivity contribution >= 4 is 29.9 Å². The molecule has 0 saturated carbocycles. The molecular weight excluding hydrogens is 453 g/mol. The van der Waals surface area contributed by atoms with Crippen molar-refractivity contribution in [3.05, 3.63) is 17.5 Å². The van der Waals surface area contributed by atoms with Crippen LogP contribution in [-0.4, -0.2) is 47.1 Å². The lowest BCUT2D eigenvalue weighted by Gasteiger charge is -2.20. The summed E-state index contributed by atoms with van der Waals surface area (Å²) in [4.78, 5) is 4.75. The Morgan fingerprint density at radius 1 is 1.26 bits per heavy atom. The van der Waals surface area contributed by atoms with Gasteiger partial charge in [-0.3, -0.25) is 9.67 Å². The molecule has 7 heteroatoms. The molecule has 1 heterocycles. The van der Waals surface area contributed by atoms with Gasteiger partial charge in [0.05, 0.1) is 5.69 Å². The van der Waals surface area contributed by atoms with Gasteiger partial charge < -0.3 is 15.7 Å². The third kappa shape index (κ3) is 10.9. The van der Waals surface area contributed by atoms with E-state index in [4.69, 9.17) is 4.99 Å². The maximum absolute atomic E-state index is 9.28. The highest BCUT2D eigenvalue weighted by molar-refractivity contribution is 14.0. The maximum atomic E-state index is 9.28. The minimum atomic E-state index is 0. The van der Waals surface area contributed by atoms with Crippen molar-refractivity contribution < 1.29 is 5.11 Å². The lowest BCUT2D eigenvalue weighted by atomic mass is 9.94. The Morgan fingerprint density at radius 3 is 2.48 bits per heavy atom. The molecule has 2 unspecified atom stereocenters. The largest absolute Gasteiger partial charge is 0.396 e. The molecule has 0 amide bonds. The zero-order valence-electron chi connectivity index (χ0n) is 18.0. The summed E-state index contributed by atoms with van der Waals surface area (Å²) in [6, 6.07) is 2.11. The van der Waals surface area contributed by atoms with Crippen LogP contribution in [0, 0.1) is 31.6 Å². The van der Waals surface area contributed by atoms with Crippen LogP contribution in [0.4, 0.5) is 0 Å². The number of hydrogen-bond acceptors (Lipinski definition) is 3. The average Bonchev–Trinajstić information content (AvgIpc) is 2.87. The fraction of sp³-hybridized carbons (Fsp3) is 0.800. The average molecular weight is 493 g/mol. The second-order valence-electron chi connectivity index (χ2n) is 7.82. The Balaban J connectivity index is 0.00000676. The van der Waals surface area contributed by atoms with Gasteiger partial charge in [0.2, 0.25) is 0 Å². The first-order valence-corrected chi connectivity index (χ1v) is 9.99. The van der Waals surface area contributed by atoms with E-state index >= 15 is 0 Å². The van der Waals surface area contributed by atoms with E-state index in [0.29, 0.717) is 17.8 Å². The van der Waals surface area contributed by atoms with Gasteiger partial charge in [0.15, 0.2) is 5.96 Å². The lowest BCUT2D eigenvalue weighted by Crippen LogP contribution is -2.40. The third-order valence-corrected chi connectivity index (χ3v) is 4.39. The van der Waals surface area contributed by atoms with Crippen molar-refractivity contribution in [2.24, 2.45) is 22.7 Å². The van der Waals surface area contributed by atoms with E-state index in [1.54, 1.807) is 0 Å². The van der Waals surface area contributed by atoms with Gasteiger partial charge in [-0.15, -0.1) is 24.0 Å². The van der Waals surface area contributed by atoms with E-state index in [0.717, 1.165) is 50.7 Å². The maximum Gasteiger partial charge on any atom is 0.191 e. The number of hydrogen-bond donors (Lipinski definition) is 3. The molecule has 1 rings (SSSR count). The van der Waals surface area contributed by atoms with Crippen molar-refractivity contribution in [1.29, 1.82) is 0 Å². The van der Waals surface area contributed by atoms with Crippen LogP contribution in [0.1, 0.15) is 51.9 Å². The van der Waals surface area contributed by atoms with Crippen molar-refractivity contribution in [2.75, 3.05) is 26.2 Å². The predicted octanol–water partition coefficient (Wildman–Crippen LogP) is 3.35. The molecule has 6 nitrogen and oxygen atoms in total. The molecule has 0 aliphatic heterocycles. The van der Waals surface area contributed by atoms with Crippen LogP contribution in [0.2, 0.25) is 0 Å². The van der Waals surface area contributed by atoms with E-state index in [1.807, 2.05) is 6.92 Å². The molecule has 0 spiro atoms. The fourth-order valence-corrected chi connectivity index (χ4v) is 3.20. The Labute approximate surface area is 182 Å². The van der Waals surface area contributed by atoms with E-state index in [1.165, 1.54) is 5.69 Å². The van der Waals surface area contributed by atoms with Crippen LogP contribution in [-0.2, 0) is 6.54 Å². The summed E-state index contributed by atoms with van der Waals surface area (Å²) in [6.45, 7) is 16.4. The first kappa shape index (κ1) is 26.2. The minimum absolute atomic E-state index is 0. The smallest absolute Gasteiger partial charge is 0.191 e. The Kier molecular flexibility index (Phi) is 13.8. The predicted molar refractivity (Wildman–Crippen MR) is 125 cm³/mol. The number of aliphatic imine (C=N–C) groups is 1. The number of aromatic nitrogens is 2. The van der Waals surface area contributed by atoms with Crippen LogP contribution in [0.15, 0.2) is 11.1 Å². The molecule has 1 aromatic rings. The number of guanidine groups is 1. The van der Waals surface area contributed by atoms with E-state index < -0.39 is 0 Å². The second-order valence-corrected chi connectivity index (χ2v) is 7.82. The topological polar surface area (TPSA) is 74.5 Å². The molecular formula is C20H40IN5O. The number of nitrogens with zero attached hydrogens (tertiary/aromatic N) is 3. The summed E-state index contributed by atoms with van der Waals surface area (Å²) < 4.78 is 2.07. The number of aryl methyl sites for hydroxylation is 2. The monoisotopic (exact) mass is 493 g/mol. The summed E-state index contributed by atoms with van der Waals surface area (Å²) in [6.07, 6.45) is 1.94. The molecule has 3 N–H and O–H groups in total. The summed E-state index contributed by atoms with van der Waals surface area (Å²) in [5, 5.41) is 20.6. The summed E-state index contributed by atoms with van der Waals surface area (Å²) in [5.74, 6) is 2.37. The van der Waals surface area contributed by atoms with Gasteiger partial charge in [-0.05, 0) is 57.4 Å². The Hall–Kier alpha value is -0.830. The first-order chi connectivity index (χ1) is 12.3. The number of rotatable bonds is 11. The van der Waals surface area contributed by atoms with Crippen LogP contribution in [0.5, 0.6) is 0 Å². The second kappa shape index (κ2) is 14.2. The van der Waals surface area contributed by atoms with Gasteiger partial charge in [0.1, 0.15) is 0 Å². The molecule has 2 atom stereocenters. The van der Waals surface area contributed by atoms with Gasteiger partial charge in [0, 0.05) is 38.5 Å². The molecule has 0 radical (unpaired) electrons. The lowest BCUT2D eigenvalue weighted by molar-refractivity contribution is 0.243. The standard InChI is InChI=1S/C20H39N5O.HI/c1-7-21-20(23-13-19(8-9-26)10-15(2)3)22-12-16(4)14-25-18(6)11-17(5)24-25;/h11,15-16,19,26H,7-10,12-14H2,1-6H3,(H2,21,22,23);1H. The summed E-state index contributed by atoms with van der Waals surface area (Å²) >= 11 is 0. The summed E-state index contributed by atoms with van der Waals surface area (Å²) in [7, 11) is 0. The fourth-order valence-electron chi connectivity index (χ4n) is 3.20. The summed E-state index contributed by atoms with van der Waals surface area (Å²) in [5.41, 5.74) is 2.26. The van der Waals surface area contributed by atoms with E-state index in [-0.39, 0.29) is 30.6 Å². The zero-order chi connectivity index (χ0) is 19.5. The van der Waals surface area contributed by atoms with E-state index in [9.17, 15) is 5.11 Å². The number of aliphatic hydroxyl groups is 1. The van der Waals surface area contributed by atoms with Gasteiger partial charge in [-0.25, -0.2) is 0 Å². The minimum Gasteiger partial charge on any atom is -0.396 e. The Morgan fingerprint density at radius 2 is 1.96 bits per heavy atom. The highest BCUT2D eigenvalue weighted by Gasteiger charge is 2.12. The molecule has 0 aliphatic rings. The molecule has 1 aromatic heterocycles. The van der Waals surface area contributed by atoms with Crippen LogP contribution < -0.4 is 10.6 Å². The molecule has 27 heavy (non-hydrogen) atoms. The van der Waals surface area contributed by atoms with Gasteiger partial charge in [0.25, 0.3) is 0 Å². The van der Waals surface area contributed by atoms with Crippen LogP contribution >= 0.6 is 24.0 Å². The first-order valence-electron chi connectivity index (χ1n) is 9.99. The van der Waals surface area contributed by atoms with E-state index in [2.05, 4.69) is 61.1 Å². The van der Waals surface area contributed by atoms with Gasteiger partial charge in [-0.1, -0.05) is 20.8 Å². The zero-order valence-corrected chi connectivity index (χ0v) is 20.3. The molecule has 0 aromatic carbocycles. The molecule has 0 aliphatic carbocycles. The number of halogens is 1. The van der Waals surface area contributed by atoms with Gasteiger partial charge >= 0.3 is 0 Å². The quantitative estimate of drug-likeness (QED) is 0.251. The van der Waals surface area contributed by atoms with Gasteiger partial charge in [-0.2, -0.15) is 5.10 Å². The number of nitrogens with one attached hydrogen (secondary N) is 2. The Bertz CT molecular complexity index is 544. The van der Waals surface area contributed by atoms with Crippen molar-refractivity contribution in [3.8, 4) is 0 Å². The molecule has 0 fully saturated rings. The molecule has 158 valence electrons. The SMILES string of the molecule is CCNC(=NCC(C)Cn1nc(C)cc1C)NCC(CCO)CC(C)C.I. The van der Waals surface area contributed by atoms with Crippen LogP contribution in [0.25, 0.3) is 0 Å². The molecule has 0 saturated heterocycles. The third-order valence-electron chi connectivity index (χ3n) is 4.39. The highest BCUT2D eigenvalue weighted by Crippen LogP contribution is 2.14. The van der Waals surface area contributed by atoms with Crippen molar-refractivity contribution in [1.82, 2.24) is 20.4 Å². The van der Waals surface area contributed by atoms with Crippen molar-refractivity contribution in [3.63, 3.8) is 0 Å².